The van der Waals surface area contributed by atoms with Gasteiger partial charge in [0.25, 0.3) is 11.8 Å². The standard InChI is InChI=1S/C25H19N7O2/c1-15-11-12-32-20(13-15)18(14-26-32)24-30-31-25(34-24)29-22-23(33)27-19-10-6-5-9-17(19)21(28-22)16-7-3-2-4-8-16/h2-14,22H,1H3,(H,27,33)(H,29,31)/t22-/m1/s1. The predicted octanol–water partition coefficient (Wildman–Crippen LogP) is 3.92. The molecule has 1 amide bonds. The van der Waals surface area contributed by atoms with Crippen LogP contribution in [0.4, 0.5) is 11.7 Å². The molecule has 2 N–H and O–H groups in total. The van der Waals surface area contributed by atoms with Crippen LogP contribution in [0.3, 0.4) is 0 Å². The summed E-state index contributed by atoms with van der Waals surface area (Å²) in [5, 5.41) is 18.5. The number of nitrogens with one attached hydrogen (secondary N) is 2. The molecule has 5 aromatic rings. The van der Waals surface area contributed by atoms with Gasteiger partial charge in [0.1, 0.15) is 0 Å². The van der Waals surface area contributed by atoms with Crippen LogP contribution in [-0.2, 0) is 4.79 Å². The highest BCUT2D eigenvalue weighted by molar-refractivity contribution is 6.19. The fraction of sp³-hybridized carbons (Fsp3) is 0.0800. The molecule has 0 radical (unpaired) electrons. The Bertz CT molecular complexity index is 1550. The second kappa shape index (κ2) is 7.96. The number of anilines is 2. The fourth-order valence-electron chi connectivity index (χ4n) is 3.94. The monoisotopic (exact) mass is 449 g/mol. The van der Waals surface area contributed by atoms with Crippen molar-refractivity contribution in [3.05, 3.63) is 95.8 Å². The summed E-state index contributed by atoms with van der Waals surface area (Å²) in [7, 11) is 0. The summed E-state index contributed by atoms with van der Waals surface area (Å²) >= 11 is 0. The van der Waals surface area contributed by atoms with Crippen LogP contribution in [0.1, 0.15) is 16.7 Å². The SMILES string of the molecule is Cc1ccn2ncc(-c3nnc(N[C@H]4N=C(c5ccccc5)c5ccccc5NC4=O)o3)c2c1. The van der Waals surface area contributed by atoms with Gasteiger partial charge in [-0.2, -0.15) is 5.10 Å². The number of hydrogen-bond donors (Lipinski definition) is 2. The Kier molecular flexibility index (Phi) is 4.65. The summed E-state index contributed by atoms with van der Waals surface area (Å²) in [5.41, 5.74) is 5.74. The number of carbonyl (C=O) groups is 1. The molecule has 34 heavy (non-hydrogen) atoms. The molecule has 9 heteroatoms. The molecule has 0 saturated heterocycles. The molecule has 2 aromatic carbocycles. The molecule has 0 spiro atoms. The number of benzene rings is 2. The van der Waals surface area contributed by atoms with E-state index in [-0.39, 0.29) is 11.9 Å². The first kappa shape index (κ1) is 19.9. The third-order valence-electron chi connectivity index (χ3n) is 5.59. The zero-order valence-corrected chi connectivity index (χ0v) is 18.1. The Morgan fingerprint density at radius 2 is 1.82 bits per heavy atom. The van der Waals surface area contributed by atoms with Gasteiger partial charge in [-0.3, -0.25) is 4.79 Å². The molecular formula is C25H19N7O2. The van der Waals surface area contributed by atoms with Crippen LogP contribution in [0.15, 0.2) is 88.5 Å². The Hall–Kier alpha value is -4.79. The van der Waals surface area contributed by atoms with Gasteiger partial charge in [0.05, 0.1) is 28.7 Å². The van der Waals surface area contributed by atoms with E-state index in [9.17, 15) is 4.79 Å². The smallest absolute Gasteiger partial charge is 0.317 e. The van der Waals surface area contributed by atoms with E-state index in [2.05, 4.69) is 25.9 Å². The molecule has 1 aliphatic heterocycles. The van der Waals surface area contributed by atoms with Crippen LogP contribution in [0.2, 0.25) is 0 Å². The van der Waals surface area contributed by atoms with Crippen LogP contribution in [0.5, 0.6) is 0 Å². The average Bonchev–Trinajstić information content (AvgIpc) is 3.46. The van der Waals surface area contributed by atoms with Gasteiger partial charge in [-0.25, -0.2) is 9.51 Å². The van der Waals surface area contributed by atoms with Crippen LogP contribution < -0.4 is 10.6 Å². The number of amides is 1. The van der Waals surface area contributed by atoms with Crippen LogP contribution in [-0.4, -0.2) is 37.6 Å². The van der Waals surface area contributed by atoms with E-state index in [0.717, 1.165) is 22.2 Å². The molecule has 1 atom stereocenters. The second-order valence-electron chi connectivity index (χ2n) is 7.93. The van der Waals surface area contributed by atoms with Crippen molar-refractivity contribution < 1.29 is 9.21 Å². The topological polar surface area (TPSA) is 110 Å². The molecule has 6 rings (SSSR count). The van der Waals surface area contributed by atoms with Gasteiger partial charge in [0.15, 0.2) is 0 Å². The first-order chi connectivity index (χ1) is 16.7. The minimum atomic E-state index is -0.970. The van der Waals surface area contributed by atoms with Gasteiger partial charge < -0.3 is 15.1 Å². The lowest BCUT2D eigenvalue weighted by atomic mass is 10.0. The number of rotatable bonds is 4. The van der Waals surface area contributed by atoms with E-state index in [0.29, 0.717) is 22.9 Å². The Labute approximate surface area is 194 Å². The average molecular weight is 449 g/mol. The molecular weight excluding hydrogens is 430 g/mol. The lowest BCUT2D eigenvalue weighted by molar-refractivity contribution is -0.116. The highest BCUT2D eigenvalue weighted by Gasteiger charge is 2.27. The van der Waals surface area contributed by atoms with Crippen molar-refractivity contribution in [2.45, 2.75) is 13.1 Å². The van der Waals surface area contributed by atoms with Gasteiger partial charge in [-0.1, -0.05) is 53.6 Å². The summed E-state index contributed by atoms with van der Waals surface area (Å²) in [5.74, 6) is -0.0302. The van der Waals surface area contributed by atoms with E-state index >= 15 is 0 Å². The van der Waals surface area contributed by atoms with Crippen molar-refractivity contribution in [3.8, 4) is 11.5 Å². The maximum atomic E-state index is 13.0. The third kappa shape index (κ3) is 3.49. The van der Waals surface area contributed by atoms with Crippen molar-refractivity contribution in [2.24, 2.45) is 4.99 Å². The highest BCUT2D eigenvalue weighted by Crippen LogP contribution is 2.27. The number of fused-ring (bicyclic) bond motifs is 2. The number of benzodiazepines with no additional fused rings is 1. The van der Waals surface area contributed by atoms with Crippen molar-refractivity contribution in [1.82, 2.24) is 19.8 Å². The molecule has 166 valence electrons. The number of para-hydroxylation sites is 1. The van der Waals surface area contributed by atoms with Crippen molar-refractivity contribution in [3.63, 3.8) is 0 Å². The maximum absolute atomic E-state index is 13.0. The second-order valence-corrected chi connectivity index (χ2v) is 7.93. The molecule has 1 aliphatic rings. The maximum Gasteiger partial charge on any atom is 0.317 e. The van der Waals surface area contributed by atoms with Crippen molar-refractivity contribution in [1.29, 1.82) is 0 Å². The summed E-state index contributed by atoms with van der Waals surface area (Å²) in [6.07, 6.45) is 2.58. The molecule has 0 unspecified atom stereocenters. The molecule has 3 aromatic heterocycles. The number of aryl methyl sites for hydroxylation is 1. The van der Waals surface area contributed by atoms with Crippen LogP contribution in [0.25, 0.3) is 17.0 Å². The Morgan fingerprint density at radius 1 is 1.00 bits per heavy atom. The summed E-state index contributed by atoms with van der Waals surface area (Å²) in [6.45, 7) is 2.00. The van der Waals surface area contributed by atoms with E-state index in [1.165, 1.54) is 0 Å². The highest BCUT2D eigenvalue weighted by atomic mass is 16.4. The fourth-order valence-corrected chi connectivity index (χ4v) is 3.94. The van der Waals surface area contributed by atoms with E-state index in [1.807, 2.05) is 79.9 Å². The number of carbonyl (C=O) groups excluding carboxylic acids is 1. The van der Waals surface area contributed by atoms with Crippen molar-refractivity contribution in [2.75, 3.05) is 10.6 Å². The number of pyridine rings is 1. The minimum Gasteiger partial charge on any atom is -0.403 e. The first-order valence-corrected chi connectivity index (χ1v) is 10.7. The van der Waals surface area contributed by atoms with Gasteiger partial charge in [-0.05, 0) is 30.7 Å². The number of aliphatic imine (C=N–C) groups is 1. The van der Waals surface area contributed by atoms with Crippen LogP contribution in [0, 0.1) is 6.92 Å². The van der Waals surface area contributed by atoms with E-state index in [4.69, 9.17) is 9.41 Å². The molecule has 0 bridgehead atoms. The van der Waals surface area contributed by atoms with E-state index < -0.39 is 6.17 Å². The number of aromatic nitrogens is 4. The number of hydrogen-bond acceptors (Lipinski definition) is 7. The molecule has 9 nitrogen and oxygen atoms in total. The molecule has 0 aliphatic carbocycles. The van der Waals surface area contributed by atoms with Crippen molar-refractivity contribution >= 4 is 28.8 Å². The van der Waals surface area contributed by atoms with E-state index in [1.54, 1.807) is 10.7 Å². The first-order valence-electron chi connectivity index (χ1n) is 10.7. The summed E-state index contributed by atoms with van der Waals surface area (Å²) < 4.78 is 7.59. The third-order valence-corrected chi connectivity index (χ3v) is 5.59. The molecule has 4 heterocycles. The normalized spacial score (nSPS) is 15.4. The van der Waals surface area contributed by atoms with Crippen LogP contribution >= 0.6 is 0 Å². The zero-order valence-electron chi connectivity index (χ0n) is 18.1. The predicted molar refractivity (Wildman–Crippen MR) is 128 cm³/mol. The number of nitrogens with zero attached hydrogens (tertiary/aromatic N) is 5. The lowest BCUT2D eigenvalue weighted by Crippen LogP contribution is -2.32. The van der Waals surface area contributed by atoms with Gasteiger partial charge in [-0.15, -0.1) is 5.10 Å². The largest absolute Gasteiger partial charge is 0.403 e. The summed E-state index contributed by atoms with van der Waals surface area (Å²) in [4.78, 5) is 17.8. The van der Waals surface area contributed by atoms with Gasteiger partial charge in [0.2, 0.25) is 6.17 Å². The quantitative estimate of drug-likeness (QED) is 0.430. The van der Waals surface area contributed by atoms with Gasteiger partial charge in [0, 0.05) is 17.3 Å². The zero-order chi connectivity index (χ0) is 23.1. The Balaban J connectivity index is 1.36. The lowest BCUT2D eigenvalue weighted by Gasteiger charge is -2.11. The molecule has 0 fully saturated rings. The minimum absolute atomic E-state index is 0.0873. The molecule has 0 saturated carbocycles. The summed E-state index contributed by atoms with van der Waals surface area (Å²) in [6, 6.07) is 21.3. The van der Waals surface area contributed by atoms with Gasteiger partial charge >= 0.3 is 6.01 Å². The Morgan fingerprint density at radius 3 is 2.71 bits per heavy atom.